The molecule has 3 N–H and O–H groups in total. The Morgan fingerprint density at radius 3 is 2.58 bits per heavy atom. The van der Waals surface area contributed by atoms with Gasteiger partial charge in [0.1, 0.15) is 0 Å². The minimum Gasteiger partial charge on any atom is -0.479 e. The summed E-state index contributed by atoms with van der Waals surface area (Å²) in [5.74, 6) is -1.72. The van der Waals surface area contributed by atoms with E-state index in [-0.39, 0.29) is 24.6 Å². The summed E-state index contributed by atoms with van der Waals surface area (Å²) >= 11 is 0. The fraction of sp³-hybridized carbons (Fsp3) is 0.385. The molecule has 19 heavy (non-hydrogen) atoms. The van der Waals surface area contributed by atoms with Crippen LogP contribution < -0.4 is 0 Å². The molecular weight excluding hydrogens is 252 g/mol. The van der Waals surface area contributed by atoms with E-state index in [1.165, 1.54) is 13.2 Å². The van der Waals surface area contributed by atoms with Crippen molar-refractivity contribution in [3.63, 3.8) is 0 Å². The lowest BCUT2D eigenvalue weighted by atomic mass is 9.98. The van der Waals surface area contributed by atoms with E-state index >= 15 is 0 Å². The summed E-state index contributed by atoms with van der Waals surface area (Å²) < 4.78 is 4.52. The first kappa shape index (κ1) is 15.1. The van der Waals surface area contributed by atoms with Gasteiger partial charge in [0, 0.05) is 6.42 Å². The maximum Gasteiger partial charge on any atom is 0.337 e. The lowest BCUT2D eigenvalue weighted by Gasteiger charge is -2.12. The fourth-order valence-electron chi connectivity index (χ4n) is 1.70. The largest absolute Gasteiger partial charge is 0.479 e. The minimum atomic E-state index is -1.67. The van der Waals surface area contributed by atoms with Crippen LogP contribution in [0.5, 0.6) is 0 Å². The summed E-state index contributed by atoms with van der Waals surface area (Å²) in [4.78, 5) is 21.7. The van der Waals surface area contributed by atoms with E-state index in [0.29, 0.717) is 12.0 Å². The number of aliphatic hydroxyl groups excluding tert-OH is 2. The number of aliphatic hydroxyl groups is 2. The molecule has 1 rings (SSSR count). The van der Waals surface area contributed by atoms with Crippen molar-refractivity contribution >= 4 is 11.9 Å². The van der Waals surface area contributed by atoms with Crippen LogP contribution in [0.1, 0.15) is 29.2 Å². The standard InChI is InChI=1S/C13H16O6/c1-19-11(15)5-3-8-2-4-10(9(6-8)7-14)12(16)13(17)18/h2,4,6,12,14,16H,3,5,7H2,1H3,(H,17,18). The summed E-state index contributed by atoms with van der Waals surface area (Å²) in [6.07, 6.45) is -1.05. The predicted octanol–water partition coefficient (Wildman–Crippen LogP) is 0.403. The summed E-state index contributed by atoms with van der Waals surface area (Å²) in [6, 6.07) is 4.63. The Morgan fingerprint density at radius 1 is 1.37 bits per heavy atom. The Morgan fingerprint density at radius 2 is 2.05 bits per heavy atom. The molecule has 0 spiro atoms. The van der Waals surface area contributed by atoms with Gasteiger partial charge in [-0.15, -0.1) is 0 Å². The molecule has 6 nitrogen and oxygen atoms in total. The van der Waals surface area contributed by atoms with Gasteiger partial charge in [0.25, 0.3) is 0 Å². The predicted molar refractivity (Wildman–Crippen MR) is 65.3 cm³/mol. The summed E-state index contributed by atoms with van der Waals surface area (Å²) in [5, 5.41) is 27.4. The number of hydrogen-bond donors (Lipinski definition) is 3. The van der Waals surface area contributed by atoms with Crippen molar-refractivity contribution in [3.05, 3.63) is 34.9 Å². The highest BCUT2D eigenvalue weighted by Gasteiger charge is 2.19. The van der Waals surface area contributed by atoms with E-state index in [1.54, 1.807) is 12.1 Å². The Kier molecular flexibility index (Phi) is 5.47. The van der Waals surface area contributed by atoms with Crippen LogP contribution in [0, 0.1) is 0 Å². The third-order valence-electron chi connectivity index (χ3n) is 2.75. The normalized spacial score (nSPS) is 11.9. The van der Waals surface area contributed by atoms with E-state index in [4.69, 9.17) is 5.11 Å². The van der Waals surface area contributed by atoms with Crippen molar-refractivity contribution in [3.8, 4) is 0 Å². The molecular formula is C13H16O6. The number of rotatable bonds is 6. The first-order valence-electron chi connectivity index (χ1n) is 5.69. The first-order valence-corrected chi connectivity index (χ1v) is 5.69. The summed E-state index contributed by atoms with van der Waals surface area (Å²) in [6.45, 7) is -0.383. The number of hydrogen-bond acceptors (Lipinski definition) is 5. The van der Waals surface area contributed by atoms with Gasteiger partial charge in [-0.3, -0.25) is 4.79 Å². The Hall–Kier alpha value is -1.92. The highest BCUT2D eigenvalue weighted by Crippen LogP contribution is 2.21. The second-order valence-corrected chi connectivity index (χ2v) is 4.01. The van der Waals surface area contributed by atoms with Crippen molar-refractivity contribution in [1.29, 1.82) is 0 Å². The number of carbonyl (C=O) groups excluding carboxylic acids is 1. The number of carboxylic acids is 1. The maximum atomic E-state index is 11.0. The molecule has 1 unspecified atom stereocenters. The first-order chi connectivity index (χ1) is 8.99. The Labute approximate surface area is 110 Å². The molecule has 0 heterocycles. The molecule has 0 aliphatic rings. The van der Waals surface area contributed by atoms with Crippen molar-refractivity contribution < 1.29 is 29.6 Å². The zero-order chi connectivity index (χ0) is 14.4. The second kappa shape index (κ2) is 6.86. The third kappa shape index (κ3) is 4.04. The van der Waals surface area contributed by atoms with Crippen LogP contribution in [0.2, 0.25) is 0 Å². The van der Waals surface area contributed by atoms with Gasteiger partial charge in [-0.2, -0.15) is 0 Å². The van der Waals surface area contributed by atoms with Crippen molar-refractivity contribution in [2.24, 2.45) is 0 Å². The highest BCUT2D eigenvalue weighted by molar-refractivity contribution is 5.74. The average Bonchev–Trinajstić information content (AvgIpc) is 2.43. The molecule has 0 saturated carbocycles. The number of carbonyl (C=O) groups is 2. The molecule has 1 aromatic carbocycles. The summed E-state index contributed by atoms with van der Waals surface area (Å²) in [5.41, 5.74) is 1.24. The van der Waals surface area contributed by atoms with Gasteiger partial charge in [-0.25, -0.2) is 4.79 Å². The molecule has 0 aromatic heterocycles. The number of ether oxygens (including phenoxy) is 1. The van der Waals surface area contributed by atoms with E-state index in [2.05, 4.69) is 4.74 Å². The Balaban J connectivity index is 2.89. The van der Waals surface area contributed by atoms with Crippen LogP contribution >= 0.6 is 0 Å². The van der Waals surface area contributed by atoms with Gasteiger partial charge in [0.15, 0.2) is 6.10 Å². The number of benzene rings is 1. The molecule has 0 saturated heterocycles. The van der Waals surface area contributed by atoms with Gasteiger partial charge < -0.3 is 20.1 Å². The summed E-state index contributed by atoms with van der Waals surface area (Å²) in [7, 11) is 1.30. The van der Waals surface area contributed by atoms with Crippen LogP contribution in [0.4, 0.5) is 0 Å². The van der Waals surface area contributed by atoms with Crippen LogP contribution in [-0.2, 0) is 27.4 Å². The monoisotopic (exact) mass is 268 g/mol. The third-order valence-corrected chi connectivity index (χ3v) is 2.75. The molecule has 0 aliphatic heterocycles. The minimum absolute atomic E-state index is 0.150. The highest BCUT2D eigenvalue weighted by atomic mass is 16.5. The lowest BCUT2D eigenvalue weighted by molar-refractivity contribution is -0.147. The average molecular weight is 268 g/mol. The number of carboxylic acid groups (broad SMARTS) is 1. The molecule has 0 aliphatic carbocycles. The molecule has 6 heteroatoms. The molecule has 0 radical (unpaired) electrons. The van der Waals surface area contributed by atoms with Gasteiger partial charge in [-0.05, 0) is 23.1 Å². The Bertz CT molecular complexity index is 468. The lowest BCUT2D eigenvalue weighted by Crippen LogP contribution is -2.13. The van der Waals surface area contributed by atoms with Crippen molar-refractivity contribution in [2.45, 2.75) is 25.6 Å². The number of esters is 1. The quantitative estimate of drug-likeness (QED) is 0.645. The number of aryl methyl sites for hydroxylation is 1. The van der Waals surface area contributed by atoms with Crippen LogP contribution in [0.15, 0.2) is 18.2 Å². The zero-order valence-electron chi connectivity index (χ0n) is 10.5. The van der Waals surface area contributed by atoms with Gasteiger partial charge in [0.05, 0.1) is 13.7 Å². The van der Waals surface area contributed by atoms with Gasteiger partial charge >= 0.3 is 11.9 Å². The second-order valence-electron chi connectivity index (χ2n) is 4.01. The van der Waals surface area contributed by atoms with E-state index in [1.807, 2.05) is 0 Å². The van der Waals surface area contributed by atoms with Crippen molar-refractivity contribution in [1.82, 2.24) is 0 Å². The van der Waals surface area contributed by atoms with Crippen LogP contribution in [-0.4, -0.2) is 34.4 Å². The fourth-order valence-corrected chi connectivity index (χ4v) is 1.70. The van der Waals surface area contributed by atoms with Crippen LogP contribution in [0.3, 0.4) is 0 Å². The zero-order valence-corrected chi connectivity index (χ0v) is 10.5. The van der Waals surface area contributed by atoms with Gasteiger partial charge in [-0.1, -0.05) is 18.2 Å². The van der Waals surface area contributed by atoms with E-state index in [9.17, 15) is 19.8 Å². The van der Waals surface area contributed by atoms with Crippen LogP contribution in [0.25, 0.3) is 0 Å². The maximum absolute atomic E-state index is 11.0. The van der Waals surface area contributed by atoms with Gasteiger partial charge in [0.2, 0.25) is 0 Å². The molecule has 0 amide bonds. The molecule has 104 valence electrons. The topological polar surface area (TPSA) is 104 Å². The smallest absolute Gasteiger partial charge is 0.337 e. The van der Waals surface area contributed by atoms with E-state index in [0.717, 1.165) is 5.56 Å². The molecule has 1 atom stereocenters. The number of methoxy groups -OCH3 is 1. The SMILES string of the molecule is COC(=O)CCc1ccc(C(O)C(=O)O)c(CO)c1. The van der Waals surface area contributed by atoms with Crippen molar-refractivity contribution in [2.75, 3.05) is 7.11 Å². The molecule has 1 aromatic rings. The molecule has 0 fully saturated rings. The van der Waals surface area contributed by atoms with E-state index < -0.39 is 12.1 Å². The molecule has 0 bridgehead atoms. The number of aliphatic carboxylic acids is 1.